The number of anilines is 1. The number of benzene rings is 4. The number of hydrogen-bond donors (Lipinski definition) is 8. The number of rotatable bonds is 35. The molecule has 6 aliphatic heterocycles. The topological polar surface area (TPSA) is 511 Å². The number of nitrogens with one attached hydrogen (secondary N) is 2. The van der Waals surface area contributed by atoms with Crippen LogP contribution in [0, 0.1) is 23.7 Å². The molecule has 10 N–H and O–H groups in total. The van der Waals surface area contributed by atoms with E-state index in [0.29, 0.717) is 66.5 Å². The number of halogens is 3. The number of β-lactam (4-membered cyclic amide) rings is 2. The fraction of sp³-hybridized carbons (Fsp3) is 0.458. The van der Waals surface area contributed by atoms with Crippen molar-refractivity contribution in [2.75, 3.05) is 83.7 Å². The van der Waals surface area contributed by atoms with Gasteiger partial charge in [0.15, 0.2) is 45.9 Å². The highest BCUT2D eigenvalue weighted by Crippen LogP contribution is 2.41. The number of Topliss-reactive ketones (excluding diaryl/α,β-unsaturated/α-hetero) is 1. The number of oxime groups is 2. The molecule has 5 fully saturated rings. The summed E-state index contributed by atoms with van der Waals surface area (Å²) >= 11 is 19.8. The lowest BCUT2D eigenvalue weighted by Gasteiger charge is -2.53. The smallest absolute Gasteiger partial charge is 0.378 e. The predicted octanol–water partition coefficient (Wildman–Crippen LogP) is 5.61. The highest BCUT2D eigenvalue weighted by atomic mass is 35.5. The SMILES string of the molecule is CC(C)[C@H](O/N=C(/C(=O)C[C@@H]1C(=O)N2C(C(=O)[O-])=C(C[N+]3(CCNC(=O)c4ccc(O)c(O)c4)CCCC3)CO[C@H]12)c1nc(N)sc1Cl)C(=O)O.O=C(NCCN1CCCC1)c1ccc(OCc2ccccc2)c(OCc2ccccc2)c1.[B]OC(=O)C1C(CCl)CO[C@@H]2[C@H](N)C(=O)N12.[B]OC(=O)[C@@H](O/N=C(/C(=O)O)c1nc(CC(=O)OC(C)(C)C)sc1Cl)C(C)C. The third-order valence-electron chi connectivity index (χ3n) is 20.6. The molecule has 5 saturated heterocycles. The molecular formula is C83H97B2Cl3N12O25S2. The number of thiazole rings is 2. The number of carboxylic acids is 3. The van der Waals surface area contributed by atoms with Crippen molar-refractivity contribution in [3.05, 3.63) is 156 Å². The van der Waals surface area contributed by atoms with Crippen molar-refractivity contribution in [1.29, 1.82) is 0 Å². The van der Waals surface area contributed by atoms with Crippen molar-refractivity contribution in [2.24, 2.45) is 39.7 Å². The summed E-state index contributed by atoms with van der Waals surface area (Å²) in [4.78, 5) is 158. The van der Waals surface area contributed by atoms with Gasteiger partial charge in [0.1, 0.15) is 68.7 Å². The number of nitrogens with two attached hydrogens (primary N) is 2. The summed E-state index contributed by atoms with van der Waals surface area (Å²) in [5.74, 6) is -10.7. The summed E-state index contributed by atoms with van der Waals surface area (Å²) in [6.07, 6.45) is -0.798. The van der Waals surface area contributed by atoms with E-state index in [9.17, 15) is 78.3 Å². The maximum absolute atomic E-state index is 13.6. The van der Waals surface area contributed by atoms with Crippen LogP contribution in [0.15, 0.2) is 119 Å². The summed E-state index contributed by atoms with van der Waals surface area (Å²) < 4.78 is 37.3. The molecule has 12 rings (SSSR count). The Morgan fingerprint density at radius 2 is 1.31 bits per heavy atom. The average Bonchev–Trinajstić information content (AvgIpc) is 0.787. The molecule has 4 radical (unpaired) electrons. The third-order valence-corrected chi connectivity index (χ3v) is 23.3. The van der Waals surface area contributed by atoms with Gasteiger partial charge in [-0.15, -0.1) is 22.9 Å². The molecule has 4 amide bonds. The first-order valence-electron chi connectivity index (χ1n) is 40.2. The van der Waals surface area contributed by atoms with Crippen LogP contribution >= 0.6 is 57.5 Å². The first-order chi connectivity index (χ1) is 60.4. The molecule has 37 nitrogen and oxygen atoms in total. The van der Waals surface area contributed by atoms with Gasteiger partial charge in [-0.3, -0.25) is 43.4 Å². The van der Waals surface area contributed by atoms with Gasteiger partial charge in [-0.2, -0.15) is 0 Å². The Hall–Kier alpha value is -11.0. The molecule has 8 heterocycles. The number of likely N-dealkylation sites (tertiary alicyclic amines) is 2. The lowest BCUT2D eigenvalue weighted by molar-refractivity contribution is -0.911. The van der Waals surface area contributed by atoms with Crippen LogP contribution in [0.2, 0.25) is 8.67 Å². The second-order valence-corrected chi connectivity index (χ2v) is 35.3. The number of aromatic hydroxyl groups is 2. The number of phenolic OH excluding ortho intramolecular Hbond substituents is 2. The Morgan fingerprint density at radius 3 is 1.87 bits per heavy atom. The summed E-state index contributed by atoms with van der Waals surface area (Å²) in [6, 6.07) is 27.6. The third kappa shape index (κ3) is 26.8. The van der Waals surface area contributed by atoms with Gasteiger partial charge in [0.25, 0.3) is 11.8 Å². The number of alkyl halides is 1. The fourth-order valence-corrected chi connectivity index (χ4v) is 16.6. The molecule has 6 aromatic rings. The van der Waals surface area contributed by atoms with Gasteiger partial charge < -0.3 is 104 Å². The van der Waals surface area contributed by atoms with Crippen LogP contribution in [-0.4, -0.2) is 263 Å². The van der Waals surface area contributed by atoms with E-state index in [1.165, 1.54) is 29.9 Å². The molecule has 2 unspecified atom stereocenters. The number of ketones is 1. The van der Waals surface area contributed by atoms with Crippen molar-refractivity contribution in [2.45, 2.75) is 143 Å². The minimum absolute atomic E-state index is 0.00497. The molecular weight excluding hydrogens is 1760 g/mol. The van der Waals surface area contributed by atoms with Gasteiger partial charge in [-0.25, -0.2) is 24.4 Å². The number of carboxylic acid groups (broad SMARTS) is 3. The summed E-state index contributed by atoms with van der Waals surface area (Å²) in [6.45, 7) is 18.5. The van der Waals surface area contributed by atoms with Crippen molar-refractivity contribution in [3.63, 3.8) is 0 Å². The number of ether oxygens (including phenoxy) is 5. The quantitative estimate of drug-likeness (QED) is 0.00350. The number of fused-ring (bicyclic) bond motifs is 2. The maximum atomic E-state index is 13.6. The van der Waals surface area contributed by atoms with Gasteiger partial charge in [0, 0.05) is 72.7 Å². The van der Waals surface area contributed by atoms with Gasteiger partial charge in [0.05, 0.1) is 63.4 Å². The van der Waals surface area contributed by atoms with Crippen LogP contribution in [0.1, 0.15) is 129 Å². The molecule has 678 valence electrons. The van der Waals surface area contributed by atoms with Crippen LogP contribution in [0.5, 0.6) is 23.0 Å². The van der Waals surface area contributed by atoms with Crippen LogP contribution in [0.3, 0.4) is 0 Å². The van der Waals surface area contributed by atoms with Crippen LogP contribution in [-0.2, 0) is 96.0 Å². The molecule has 127 heavy (non-hydrogen) atoms. The Morgan fingerprint density at radius 1 is 0.724 bits per heavy atom. The zero-order valence-corrected chi connectivity index (χ0v) is 74.3. The van der Waals surface area contributed by atoms with Crippen molar-refractivity contribution in [3.8, 4) is 23.0 Å². The number of amides is 4. The molecule has 4 aromatic carbocycles. The van der Waals surface area contributed by atoms with Gasteiger partial charge in [0.2, 0.25) is 29.7 Å². The minimum Gasteiger partial charge on any atom is -0.543 e. The second kappa shape index (κ2) is 46.1. The lowest BCUT2D eigenvalue weighted by atomic mass is 9.86. The van der Waals surface area contributed by atoms with Crippen molar-refractivity contribution in [1.82, 2.24) is 35.3 Å². The van der Waals surface area contributed by atoms with Gasteiger partial charge >= 0.3 is 45.9 Å². The number of hydrogen-bond acceptors (Lipinski definition) is 32. The maximum Gasteiger partial charge on any atom is 0.378 e. The van der Waals surface area contributed by atoms with E-state index in [0.717, 1.165) is 77.2 Å². The highest BCUT2D eigenvalue weighted by molar-refractivity contribution is 7.19. The number of aliphatic carboxylic acids is 3. The van der Waals surface area contributed by atoms with E-state index in [2.05, 4.69) is 45.1 Å². The Balaban J connectivity index is 0.000000206. The molecule has 0 spiro atoms. The summed E-state index contributed by atoms with van der Waals surface area (Å²) in [7, 11) is 9.66. The zero-order chi connectivity index (χ0) is 92.7. The van der Waals surface area contributed by atoms with Gasteiger partial charge in [-0.05, 0) is 94.2 Å². The van der Waals surface area contributed by atoms with Gasteiger partial charge in [-0.1, -0.05) is 133 Å². The predicted molar refractivity (Wildman–Crippen MR) is 461 cm³/mol. The monoisotopic (exact) mass is 1850 g/mol. The number of esters is 1. The molecule has 0 bridgehead atoms. The van der Waals surface area contributed by atoms with E-state index in [1.807, 2.05) is 66.7 Å². The molecule has 0 saturated carbocycles. The summed E-state index contributed by atoms with van der Waals surface area (Å²) in [5, 5.41) is 64.0. The van der Waals surface area contributed by atoms with Crippen LogP contribution in [0.4, 0.5) is 5.13 Å². The van der Waals surface area contributed by atoms with Crippen LogP contribution < -0.4 is 36.7 Å². The number of carbonyl (C=O) groups is 11. The Kier molecular flexibility index (Phi) is 36.2. The normalized spacial score (nSPS) is 19.3. The van der Waals surface area contributed by atoms with E-state index < -0.39 is 137 Å². The Bertz CT molecular complexity index is 5030. The number of phenols is 2. The largest absolute Gasteiger partial charge is 0.543 e. The molecule has 6 aliphatic rings. The standard InChI is InChI=1S/C32H37ClN6O11S.C27H30N2O3.C16H20BClN2O7S.C8H10BClN2O4/c1-15(2)25(31(47)48)50-37-22(23-26(33)51-32(34)36-23)21(42)12-18-28(44)38-24(30(45)46)17(14-49-29(18)38)13-39(8-3-4-9-39)10-7-35-27(43)16-5-6-19(40)20(41)11-16;30-27(28-15-18-29-16-7-8-17-29)24-13-14-25(31-20-22-9-3-1-4-10-22)26(19-24)32-21-23-11-5-2-6-12-23;1-7(2)12(15(24)26-17)27-20-11(14(22)23)10-13(18)28-8(19-10)6-9(21)25-16(3,4)5;9-16-8(14)5-3(1-10)2-15-7-4(11)6(13)12(5)7/h5-6,11,15,18,25,29H,3-4,7-10,12-14H2,1-2H3,(H6-,34,35,36,37,40,41,42,43,45,46,47,48);1-6,9-14,19H,7-8,15-18,20-21H2,(H,28,30);7,12H,6H2,1-5H3,(H,22,23);3-5,7H,1-2,11H2/b;;20-11+;/t18-,25+,29-;;12-;3?,4-,5?,7-/m1.01/s1. The average molecular weight is 1850 g/mol. The molecule has 0 aliphatic carbocycles. The van der Waals surface area contributed by atoms with E-state index in [1.54, 1.807) is 60.6 Å². The molecule has 8 atom stereocenters. The minimum atomic E-state index is -1.58. The number of nitrogen functional groups attached to an aromatic ring is 1. The van der Waals surface area contributed by atoms with Crippen molar-refractivity contribution >= 4 is 155 Å². The zero-order valence-electron chi connectivity index (χ0n) is 70.4. The highest BCUT2D eigenvalue weighted by Gasteiger charge is 2.57. The number of aromatic nitrogens is 2. The number of nitrogens with zero attached hydrogens (tertiary/aromatic N) is 8. The molecule has 44 heteroatoms. The molecule has 2 aromatic heterocycles. The van der Waals surface area contributed by atoms with E-state index in [4.69, 9.17) is 95.7 Å². The number of carbonyl (C=O) groups excluding carboxylic acids is 9. The number of quaternary nitrogens is 1. The van der Waals surface area contributed by atoms with E-state index in [-0.39, 0.29) is 104 Å². The van der Waals surface area contributed by atoms with Crippen LogP contribution in [0.25, 0.3) is 0 Å². The first-order valence-corrected chi connectivity index (χ1v) is 43.1. The first kappa shape index (κ1) is 99.8. The van der Waals surface area contributed by atoms with E-state index >= 15 is 0 Å². The second-order valence-electron chi connectivity index (χ2n) is 31.7. The summed E-state index contributed by atoms with van der Waals surface area (Å²) in [5.41, 5.74) is 12.0. The lowest BCUT2D eigenvalue weighted by Crippen LogP contribution is -2.77. The Labute approximate surface area is 756 Å². The fourth-order valence-electron chi connectivity index (χ4n) is 14.2. The van der Waals surface area contributed by atoms with Crippen molar-refractivity contribution < 1.29 is 125 Å².